The molecule has 1 aromatic heterocycles. The third-order valence-corrected chi connectivity index (χ3v) is 4.02. The highest BCUT2D eigenvalue weighted by Crippen LogP contribution is 2.25. The van der Waals surface area contributed by atoms with E-state index in [-0.39, 0.29) is 24.2 Å². The highest BCUT2D eigenvalue weighted by molar-refractivity contribution is 6.03. The standard InChI is InChI=1S/C18H22N4O2/c1-13(2)10-21-12-16(9-19-21)22-11-14(8-17(22)23)18(24)20-15-6-4-3-5-7-15/h3-7,9,12-14H,8,10-11H2,1-2H3,(H,20,24). The molecule has 0 radical (unpaired) electrons. The van der Waals surface area contributed by atoms with Crippen LogP contribution in [-0.4, -0.2) is 28.1 Å². The Hall–Kier alpha value is -2.63. The van der Waals surface area contributed by atoms with Crippen LogP contribution in [0.15, 0.2) is 42.7 Å². The zero-order valence-electron chi connectivity index (χ0n) is 14.0. The molecule has 6 nitrogen and oxygen atoms in total. The lowest BCUT2D eigenvalue weighted by molar-refractivity contribution is -0.122. The monoisotopic (exact) mass is 326 g/mol. The minimum Gasteiger partial charge on any atom is -0.326 e. The minimum atomic E-state index is -0.342. The van der Waals surface area contributed by atoms with Crippen molar-refractivity contribution < 1.29 is 9.59 Å². The topological polar surface area (TPSA) is 67.2 Å². The first-order valence-corrected chi connectivity index (χ1v) is 8.21. The van der Waals surface area contributed by atoms with Crippen LogP contribution in [0.1, 0.15) is 20.3 Å². The number of rotatable bonds is 5. The van der Waals surface area contributed by atoms with Gasteiger partial charge in [-0.1, -0.05) is 32.0 Å². The Kier molecular flexibility index (Phi) is 4.64. The first kappa shape index (κ1) is 16.2. The number of para-hydroxylation sites is 1. The number of hydrogen-bond donors (Lipinski definition) is 1. The van der Waals surface area contributed by atoms with Crippen molar-refractivity contribution in [1.29, 1.82) is 0 Å². The number of nitrogens with one attached hydrogen (secondary N) is 1. The van der Waals surface area contributed by atoms with E-state index in [0.717, 1.165) is 17.9 Å². The number of carbonyl (C=O) groups is 2. The summed E-state index contributed by atoms with van der Waals surface area (Å²) in [6.45, 7) is 5.43. The molecule has 0 saturated carbocycles. The van der Waals surface area contributed by atoms with E-state index >= 15 is 0 Å². The third kappa shape index (κ3) is 3.64. The molecule has 2 heterocycles. The maximum absolute atomic E-state index is 12.4. The molecule has 1 fully saturated rings. The van der Waals surface area contributed by atoms with Crippen LogP contribution >= 0.6 is 0 Å². The number of amides is 2. The Morgan fingerprint density at radius 3 is 2.79 bits per heavy atom. The molecule has 24 heavy (non-hydrogen) atoms. The molecule has 1 unspecified atom stereocenters. The molecule has 1 N–H and O–H groups in total. The van der Waals surface area contributed by atoms with E-state index in [0.29, 0.717) is 12.5 Å². The molecule has 0 spiro atoms. The van der Waals surface area contributed by atoms with Gasteiger partial charge in [0.15, 0.2) is 0 Å². The molecule has 1 atom stereocenters. The molecule has 126 valence electrons. The highest BCUT2D eigenvalue weighted by Gasteiger charge is 2.35. The van der Waals surface area contributed by atoms with Crippen molar-refractivity contribution in [2.75, 3.05) is 16.8 Å². The van der Waals surface area contributed by atoms with Crippen LogP contribution in [0.5, 0.6) is 0 Å². The lowest BCUT2D eigenvalue weighted by Crippen LogP contribution is -2.27. The van der Waals surface area contributed by atoms with Crippen molar-refractivity contribution in [3.05, 3.63) is 42.7 Å². The summed E-state index contributed by atoms with van der Waals surface area (Å²) in [6, 6.07) is 9.30. The van der Waals surface area contributed by atoms with E-state index in [9.17, 15) is 9.59 Å². The van der Waals surface area contributed by atoms with Gasteiger partial charge in [-0.05, 0) is 18.1 Å². The highest BCUT2D eigenvalue weighted by atomic mass is 16.2. The van der Waals surface area contributed by atoms with Gasteiger partial charge in [-0.15, -0.1) is 0 Å². The molecule has 1 aliphatic heterocycles. The van der Waals surface area contributed by atoms with Crippen LogP contribution < -0.4 is 10.2 Å². The van der Waals surface area contributed by atoms with Gasteiger partial charge in [0.05, 0.1) is 17.8 Å². The second kappa shape index (κ2) is 6.86. The summed E-state index contributed by atoms with van der Waals surface area (Å²) in [5.74, 6) is -0.0125. The Labute approximate surface area is 141 Å². The predicted octanol–water partition coefficient (Wildman–Crippen LogP) is 2.53. The molecule has 0 aliphatic carbocycles. The predicted molar refractivity (Wildman–Crippen MR) is 92.6 cm³/mol. The van der Waals surface area contributed by atoms with E-state index in [1.54, 1.807) is 11.1 Å². The largest absolute Gasteiger partial charge is 0.326 e. The summed E-state index contributed by atoms with van der Waals surface area (Å²) in [6.07, 6.45) is 3.79. The van der Waals surface area contributed by atoms with Gasteiger partial charge in [-0.25, -0.2) is 0 Å². The van der Waals surface area contributed by atoms with E-state index in [4.69, 9.17) is 0 Å². The Morgan fingerprint density at radius 1 is 1.33 bits per heavy atom. The van der Waals surface area contributed by atoms with Gasteiger partial charge in [0.1, 0.15) is 0 Å². The van der Waals surface area contributed by atoms with Crippen molar-refractivity contribution in [2.24, 2.45) is 11.8 Å². The minimum absolute atomic E-state index is 0.0349. The SMILES string of the molecule is CC(C)Cn1cc(N2CC(C(=O)Nc3ccccc3)CC2=O)cn1. The summed E-state index contributed by atoms with van der Waals surface area (Å²) < 4.78 is 1.84. The van der Waals surface area contributed by atoms with Crippen LogP contribution in [0.2, 0.25) is 0 Å². The normalized spacial score (nSPS) is 17.5. The van der Waals surface area contributed by atoms with E-state index in [1.165, 1.54) is 0 Å². The van der Waals surface area contributed by atoms with E-state index in [2.05, 4.69) is 24.3 Å². The maximum atomic E-state index is 12.4. The van der Waals surface area contributed by atoms with Crippen LogP contribution in [0, 0.1) is 11.8 Å². The van der Waals surface area contributed by atoms with Gasteiger partial charge >= 0.3 is 0 Å². The zero-order valence-corrected chi connectivity index (χ0v) is 14.0. The van der Waals surface area contributed by atoms with Crippen LogP contribution in [0.3, 0.4) is 0 Å². The molecule has 0 bridgehead atoms. The average Bonchev–Trinajstić information content (AvgIpc) is 3.14. The van der Waals surface area contributed by atoms with Crippen molar-refractivity contribution in [3.63, 3.8) is 0 Å². The van der Waals surface area contributed by atoms with Crippen molar-refractivity contribution >= 4 is 23.2 Å². The maximum Gasteiger partial charge on any atom is 0.229 e. The van der Waals surface area contributed by atoms with Crippen molar-refractivity contribution in [2.45, 2.75) is 26.8 Å². The second-order valence-electron chi connectivity index (χ2n) is 6.58. The third-order valence-electron chi connectivity index (χ3n) is 4.02. The van der Waals surface area contributed by atoms with Gasteiger partial charge in [-0.2, -0.15) is 5.10 Å². The van der Waals surface area contributed by atoms with E-state index in [1.807, 2.05) is 41.2 Å². The fourth-order valence-electron chi connectivity index (χ4n) is 2.86. The van der Waals surface area contributed by atoms with Gasteiger partial charge in [0.25, 0.3) is 0 Å². The molecular formula is C18H22N4O2. The van der Waals surface area contributed by atoms with Gasteiger partial charge in [0.2, 0.25) is 11.8 Å². The summed E-state index contributed by atoms with van der Waals surface area (Å²) in [4.78, 5) is 26.3. The van der Waals surface area contributed by atoms with Gasteiger partial charge < -0.3 is 10.2 Å². The molecule has 1 saturated heterocycles. The lowest BCUT2D eigenvalue weighted by Gasteiger charge is -2.14. The summed E-state index contributed by atoms with van der Waals surface area (Å²) >= 11 is 0. The Bertz CT molecular complexity index is 724. The molecule has 1 aromatic carbocycles. The zero-order chi connectivity index (χ0) is 17.1. The smallest absolute Gasteiger partial charge is 0.229 e. The Morgan fingerprint density at radius 2 is 2.08 bits per heavy atom. The number of hydrogen-bond acceptors (Lipinski definition) is 3. The van der Waals surface area contributed by atoms with Crippen LogP contribution in [0.25, 0.3) is 0 Å². The number of aromatic nitrogens is 2. The molecule has 1 aliphatic rings. The molecule has 6 heteroatoms. The number of carbonyl (C=O) groups excluding carboxylic acids is 2. The van der Waals surface area contributed by atoms with Crippen molar-refractivity contribution in [3.8, 4) is 0 Å². The summed E-state index contributed by atoms with van der Waals surface area (Å²) in [5, 5.41) is 7.16. The quantitative estimate of drug-likeness (QED) is 0.918. The molecule has 2 amide bonds. The first-order chi connectivity index (χ1) is 11.5. The van der Waals surface area contributed by atoms with Crippen molar-refractivity contribution in [1.82, 2.24) is 9.78 Å². The molecular weight excluding hydrogens is 304 g/mol. The summed E-state index contributed by atoms with van der Waals surface area (Å²) in [5.41, 5.74) is 1.51. The Balaban J connectivity index is 1.65. The van der Waals surface area contributed by atoms with Gasteiger partial charge in [-0.3, -0.25) is 14.3 Å². The number of nitrogens with zero attached hydrogens (tertiary/aromatic N) is 3. The molecule has 3 rings (SSSR count). The summed E-state index contributed by atoms with van der Waals surface area (Å²) in [7, 11) is 0. The fraction of sp³-hybridized carbons (Fsp3) is 0.389. The number of anilines is 2. The first-order valence-electron chi connectivity index (χ1n) is 8.21. The van der Waals surface area contributed by atoms with Crippen LogP contribution in [-0.2, 0) is 16.1 Å². The number of benzene rings is 1. The molecule has 2 aromatic rings. The second-order valence-corrected chi connectivity index (χ2v) is 6.58. The fourth-order valence-corrected chi connectivity index (χ4v) is 2.86. The van der Waals surface area contributed by atoms with Crippen LogP contribution in [0.4, 0.5) is 11.4 Å². The average molecular weight is 326 g/mol. The van der Waals surface area contributed by atoms with E-state index < -0.39 is 0 Å². The lowest BCUT2D eigenvalue weighted by atomic mass is 10.1. The van der Waals surface area contributed by atoms with Gasteiger partial charge in [0, 0.05) is 31.4 Å².